The van der Waals surface area contributed by atoms with Crippen molar-refractivity contribution in [2.45, 2.75) is 127 Å². The molecule has 3 aromatic rings. The van der Waals surface area contributed by atoms with Gasteiger partial charge in [-0.2, -0.15) is 0 Å². The van der Waals surface area contributed by atoms with Crippen LogP contribution >= 0.6 is 0 Å². The standard InChI is InChI=1S/C44H58N2/c1-25(2)29-18-15-19-30(26(3)4)39(29)45-41-34-23-17-22-33-37(34)35(24-36(43(9,10)11)38(33)44(12,13)14)42(41)46-40-31(27(5)6)20-16-21-32(40)28(7)8/h15-28,36,38H,1-14H3/t36-,38-/m1/s1. The predicted molar refractivity (Wildman–Crippen MR) is 202 cm³/mol. The summed E-state index contributed by atoms with van der Waals surface area (Å²) in [5.74, 6) is 2.19. The number of benzene rings is 3. The highest BCUT2D eigenvalue weighted by Crippen LogP contribution is 2.56. The Labute approximate surface area is 280 Å². The quantitative estimate of drug-likeness (QED) is 0.264. The Balaban J connectivity index is 1.96. The summed E-state index contributed by atoms with van der Waals surface area (Å²) in [6.45, 7) is 32.7. The minimum absolute atomic E-state index is 0.0810. The first-order chi connectivity index (χ1) is 21.4. The molecule has 0 aromatic heterocycles. The maximum Gasteiger partial charge on any atom is 0.0978 e. The summed E-state index contributed by atoms with van der Waals surface area (Å²) in [5.41, 5.74) is 15.0. The minimum atomic E-state index is 0.0810. The first kappa shape index (κ1) is 34.1. The van der Waals surface area contributed by atoms with Crippen LogP contribution in [0.15, 0.2) is 70.7 Å². The third kappa shape index (κ3) is 6.10. The molecule has 0 spiro atoms. The fraction of sp³-hybridized carbons (Fsp3) is 0.500. The maximum atomic E-state index is 5.79. The smallest absolute Gasteiger partial charge is 0.0978 e. The van der Waals surface area contributed by atoms with Crippen LogP contribution in [0, 0.1) is 16.7 Å². The first-order valence-corrected chi connectivity index (χ1v) is 17.7. The Bertz CT molecular complexity index is 1660. The lowest BCUT2D eigenvalue weighted by molar-refractivity contribution is 0.163. The molecule has 46 heavy (non-hydrogen) atoms. The average molecular weight is 615 g/mol. The van der Waals surface area contributed by atoms with Crippen molar-refractivity contribution in [2.24, 2.45) is 26.7 Å². The van der Waals surface area contributed by atoms with Crippen LogP contribution in [0.5, 0.6) is 0 Å². The lowest BCUT2D eigenvalue weighted by Gasteiger charge is -2.46. The van der Waals surface area contributed by atoms with Gasteiger partial charge >= 0.3 is 0 Å². The molecule has 5 rings (SSSR count). The molecular formula is C44H58N2. The van der Waals surface area contributed by atoms with Gasteiger partial charge < -0.3 is 0 Å². The van der Waals surface area contributed by atoms with E-state index in [0.29, 0.717) is 35.5 Å². The van der Waals surface area contributed by atoms with Crippen LogP contribution in [0.3, 0.4) is 0 Å². The molecule has 0 N–H and O–H groups in total. The SMILES string of the molecule is CC(C)c1cccc(C(C)C)c1N=C1C2=C[C@@H](C(C)(C)C)[C@H](C(C)(C)C)c3cccc(c32)C1=Nc1c(C(C)C)cccc1C(C)C. The fourth-order valence-electron chi connectivity index (χ4n) is 7.82. The van der Waals surface area contributed by atoms with Crippen molar-refractivity contribution < 1.29 is 0 Å². The number of hydrogen-bond acceptors (Lipinski definition) is 2. The van der Waals surface area contributed by atoms with Crippen molar-refractivity contribution in [3.63, 3.8) is 0 Å². The van der Waals surface area contributed by atoms with Gasteiger partial charge in [0.05, 0.1) is 22.8 Å². The minimum Gasteiger partial charge on any atom is -0.246 e. The predicted octanol–water partition coefficient (Wildman–Crippen LogP) is 13.3. The summed E-state index contributed by atoms with van der Waals surface area (Å²) in [6, 6.07) is 20.5. The number of nitrogens with zero attached hydrogens (tertiary/aromatic N) is 2. The second kappa shape index (κ2) is 12.4. The van der Waals surface area contributed by atoms with Crippen molar-refractivity contribution in [1.82, 2.24) is 0 Å². The molecule has 2 atom stereocenters. The molecule has 2 aliphatic rings. The van der Waals surface area contributed by atoms with Crippen molar-refractivity contribution in [2.75, 3.05) is 0 Å². The summed E-state index contributed by atoms with van der Waals surface area (Å²) in [5, 5.41) is 0. The number of aliphatic imine (C=N–C) groups is 2. The maximum absolute atomic E-state index is 5.79. The topological polar surface area (TPSA) is 24.7 Å². The number of hydrogen-bond donors (Lipinski definition) is 0. The molecule has 0 bridgehead atoms. The van der Waals surface area contributed by atoms with Gasteiger partial charge in [0.15, 0.2) is 0 Å². The zero-order valence-electron chi connectivity index (χ0n) is 31.1. The second-order valence-electron chi connectivity index (χ2n) is 17.2. The molecule has 0 radical (unpaired) electrons. The Morgan fingerprint density at radius 1 is 0.522 bits per heavy atom. The van der Waals surface area contributed by atoms with Gasteiger partial charge in [-0.15, -0.1) is 0 Å². The van der Waals surface area contributed by atoms with Crippen LogP contribution in [0.1, 0.15) is 165 Å². The van der Waals surface area contributed by atoms with Gasteiger partial charge in [-0.3, -0.25) is 0 Å². The van der Waals surface area contributed by atoms with Crippen molar-refractivity contribution in [3.05, 3.63) is 99.6 Å². The van der Waals surface area contributed by atoms with E-state index < -0.39 is 0 Å². The monoisotopic (exact) mass is 614 g/mol. The molecule has 0 saturated heterocycles. The normalized spacial score (nSPS) is 20.1. The van der Waals surface area contributed by atoms with Crippen LogP contribution < -0.4 is 0 Å². The van der Waals surface area contributed by atoms with Crippen LogP contribution in [0.25, 0.3) is 5.57 Å². The van der Waals surface area contributed by atoms with E-state index in [4.69, 9.17) is 9.98 Å². The summed E-state index contributed by atoms with van der Waals surface area (Å²) in [7, 11) is 0. The molecule has 2 aliphatic carbocycles. The van der Waals surface area contributed by atoms with E-state index in [1.807, 2.05) is 0 Å². The molecular weight excluding hydrogens is 556 g/mol. The highest BCUT2D eigenvalue weighted by Gasteiger charge is 2.46. The van der Waals surface area contributed by atoms with E-state index >= 15 is 0 Å². The second-order valence-corrected chi connectivity index (χ2v) is 17.2. The van der Waals surface area contributed by atoms with Gasteiger partial charge in [0.2, 0.25) is 0 Å². The lowest BCUT2D eigenvalue weighted by atomic mass is 9.58. The van der Waals surface area contributed by atoms with Crippen molar-refractivity contribution in [1.29, 1.82) is 0 Å². The van der Waals surface area contributed by atoms with Gasteiger partial charge in [-0.05, 0) is 79.7 Å². The Kier molecular flexibility index (Phi) is 9.19. The van der Waals surface area contributed by atoms with Gasteiger partial charge in [0.1, 0.15) is 0 Å². The summed E-state index contributed by atoms with van der Waals surface area (Å²) < 4.78 is 0. The largest absolute Gasteiger partial charge is 0.246 e. The third-order valence-electron chi connectivity index (χ3n) is 10.2. The molecule has 0 amide bonds. The Morgan fingerprint density at radius 3 is 1.33 bits per heavy atom. The van der Waals surface area contributed by atoms with Crippen LogP contribution in [-0.2, 0) is 0 Å². The third-order valence-corrected chi connectivity index (χ3v) is 10.2. The fourth-order valence-corrected chi connectivity index (χ4v) is 7.82. The zero-order valence-corrected chi connectivity index (χ0v) is 31.1. The summed E-state index contributed by atoms with van der Waals surface area (Å²) in [4.78, 5) is 11.5. The van der Waals surface area contributed by atoms with E-state index in [9.17, 15) is 0 Å². The van der Waals surface area contributed by atoms with Gasteiger partial charge in [0, 0.05) is 11.1 Å². The zero-order chi connectivity index (χ0) is 33.9. The van der Waals surface area contributed by atoms with Crippen LogP contribution in [0.2, 0.25) is 0 Å². The number of allylic oxidation sites excluding steroid dienone is 2. The van der Waals surface area contributed by atoms with Crippen LogP contribution in [-0.4, -0.2) is 11.4 Å². The summed E-state index contributed by atoms with van der Waals surface area (Å²) >= 11 is 0. The number of para-hydroxylation sites is 2. The Hall–Kier alpha value is -3.26. The van der Waals surface area contributed by atoms with E-state index in [2.05, 4.69) is 158 Å². The molecule has 0 aliphatic heterocycles. The van der Waals surface area contributed by atoms with E-state index in [0.717, 1.165) is 22.8 Å². The molecule has 0 saturated carbocycles. The van der Waals surface area contributed by atoms with Crippen molar-refractivity contribution in [3.8, 4) is 0 Å². The van der Waals surface area contributed by atoms with Gasteiger partial charge in [-0.1, -0.05) is 158 Å². The molecule has 2 nitrogen and oxygen atoms in total. The van der Waals surface area contributed by atoms with E-state index in [1.54, 1.807) is 0 Å². The lowest BCUT2D eigenvalue weighted by Crippen LogP contribution is -2.36. The highest BCUT2D eigenvalue weighted by molar-refractivity contribution is 6.67. The van der Waals surface area contributed by atoms with Crippen LogP contribution in [0.4, 0.5) is 11.4 Å². The average Bonchev–Trinajstić information content (AvgIpc) is 3.24. The van der Waals surface area contributed by atoms with Crippen molar-refractivity contribution >= 4 is 28.4 Å². The highest BCUT2D eigenvalue weighted by atomic mass is 14.9. The molecule has 0 unspecified atom stereocenters. The first-order valence-electron chi connectivity index (χ1n) is 17.7. The van der Waals surface area contributed by atoms with E-state index in [-0.39, 0.29) is 10.8 Å². The summed E-state index contributed by atoms with van der Waals surface area (Å²) in [6.07, 6.45) is 2.59. The molecule has 2 heteroatoms. The molecule has 0 fully saturated rings. The van der Waals surface area contributed by atoms with Gasteiger partial charge in [-0.25, -0.2) is 9.98 Å². The van der Waals surface area contributed by atoms with E-state index in [1.165, 1.54) is 44.5 Å². The molecule has 0 heterocycles. The molecule has 3 aromatic carbocycles. The van der Waals surface area contributed by atoms with Gasteiger partial charge in [0.25, 0.3) is 0 Å². The number of rotatable bonds is 6. The Morgan fingerprint density at radius 2 is 0.935 bits per heavy atom. The molecule has 244 valence electrons.